The van der Waals surface area contributed by atoms with E-state index in [9.17, 15) is 0 Å². The van der Waals surface area contributed by atoms with E-state index in [1.165, 1.54) is 0 Å². The van der Waals surface area contributed by atoms with E-state index < -0.39 is 0 Å². The highest BCUT2D eigenvalue weighted by molar-refractivity contribution is 7.99. The van der Waals surface area contributed by atoms with Crippen molar-refractivity contribution in [1.29, 1.82) is 0 Å². The van der Waals surface area contributed by atoms with Gasteiger partial charge in [0.25, 0.3) is 0 Å². The summed E-state index contributed by atoms with van der Waals surface area (Å²) < 4.78 is 13.5. The van der Waals surface area contributed by atoms with Crippen LogP contribution in [0.3, 0.4) is 0 Å². The van der Waals surface area contributed by atoms with Crippen LogP contribution in [0.4, 0.5) is 0 Å². The second kappa shape index (κ2) is 9.70. The molecule has 0 saturated heterocycles. The molecule has 0 spiro atoms. The van der Waals surface area contributed by atoms with E-state index in [2.05, 4.69) is 29.9 Å². The first-order chi connectivity index (χ1) is 15.8. The Labute approximate surface area is 194 Å². The summed E-state index contributed by atoms with van der Waals surface area (Å²) in [6.45, 7) is 0.341. The molecule has 4 aromatic rings. The Kier molecular flexibility index (Phi) is 6.36. The first-order valence-corrected chi connectivity index (χ1v) is 11.8. The molecule has 3 heterocycles. The molecule has 8 nitrogen and oxygen atoms in total. The number of para-hydroxylation sites is 1. The summed E-state index contributed by atoms with van der Waals surface area (Å²) in [7, 11) is 0. The number of hydrogen-bond donors (Lipinski definition) is 0. The number of aromatic nitrogens is 6. The Morgan fingerprint density at radius 1 is 1.12 bits per heavy atom. The Morgan fingerprint density at radius 2 is 1.97 bits per heavy atom. The molecule has 1 fully saturated rings. The van der Waals surface area contributed by atoms with Gasteiger partial charge in [0, 0.05) is 36.2 Å². The van der Waals surface area contributed by atoms with Crippen LogP contribution in [0.1, 0.15) is 37.0 Å². The normalized spacial score (nSPS) is 13.4. The maximum Gasteiger partial charge on any atom is 0.226 e. The van der Waals surface area contributed by atoms with Gasteiger partial charge < -0.3 is 13.8 Å². The van der Waals surface area contributed by atoms with Crippen molar-refractivity contribution in [2.45, 2.75) is 43.5 Å². The van der Waals surface area contributed by atoms with Gasteiger partial charge in [0.15, 0.2) is 11.0 Å². The molecule has 10 heteroatoms. The van der Waals surface area contributed by atoms with Crippen LogP contribution >= 0.6 is 23.4 Å². The molecule has 1 saturated carbocycles. The molecule has 5 rings (SSSR count). The molecule has 0 bridgehead atoms. The number of nitrogens with zero attached hydrogens (tertiary/aromatic N) is 6. The number of pyridine rings is 1. The summed E-state index contributed by atoms with van der Waals surface area (Å²) in [6, 6.07) is 11.6. The van der Waals surface area contributed by atoms with Crippen LogP contribution in [0, 0.1) is 0 Å². The molecule has 0 amide bonds. The zero-order valence-corrected chi connectivity index (χ0v) is 18.8. The standard InChI is InChI=1S/C22H21ClN6O2S/c23-17-4-1-2-5-18(17)30-14-19-26-27-22(29(19)16-7-8-16)32-13-3-6-20-25-21(28-31-20)15-9-11-24-12-10-15/h1-2,4-5,9-12,16H,3,6-8,13-14H2. The van der Waals surface area contributed by atoms with Crippen LogP contribution in [-0.4, -0.2) is 35.6 Å². The highest BCUT2D eigenvalue weighted by Gasteiger charge is 2.29. The van der Waals surface area contributed by atoms with Crippen molar-refractivity contribution in [3.63, 3.8) is 0 Å². The van der Waals surface area contributed by atoms with Gasteiger partial charge >= 0.3 is 0 Å². The smallest absolute Gasteiger partial charge is 0.226 e. The zero-order chi connectivity index (χ0) is 21.8. The number of aryl methyl sites for hydroxylation is 1. The molecule has 32 heavy (non-hydrogen) atoms. The van der Waals surface area contributed by atoms with Crippen LogP contribution in [-0.2, 0) is 13.0 Å². The lowest BCUT2D eigenvalue weighted by Gasteiger charge is -2.10. The lowest BCUT2D eigenvalue weighted by atomic mass is 10.2. The van der Waals surface area contributed by atoms with Crippen LogP contribution < -0.4 is 4.74 Å². The second-order valence-electron chi connectivity index (χ2n) is 7.42. The predicted octanol–water partition coefficient (Wildman–Crippen LogP) is 5.02. The average molecular weight is 469 g/mol. The minimum absolute atomic E-state index is 0.341. The summed E-state index contributed by atoms with van der Waals surface area (Å²) in [5, 5.41) is 14.3. The molecule has 3 aromatic heterocycles. The number of thioether (sulfide) groups is 1. The number of benzene rings is 1. The molecular weight excluding hydrogens is 448 g/mol. The van der Waals surface area contributed by atoms with E-state index in [-0.39, 0.29) is 0 Å². The van der Waals surface area contributed by atoms with Crippen LogP contribution in [0.15, 0.2) is 58.5 Å². The van der Waals surface area contributed by atoms with Gasteiger partial charge in [-0.25, -0.2) is 0 Å². The Morgan fingerprint density at radius 3 is 2.78 bits per heavy atom. The third-order valence-corrected chi connectivity index (χ3v) is 6.35. The second-order valence-corrected chi connectivity index (χ2v) is 8.89. The van der Waals surface area contributed by atoms with Gasteiger partial charge in [-0.05, 0) is 43.5 Å². The van der Waals surface area contributed by atoms with Gasteiger partial charge in [0.1, 0.15) is 12.4 Å². The molecule has 0 unspecified atom stereocenters. The quantitative estimate of drug-likeness (QED) is 0.237. The van der Waals surface area contributed by atoms with E-state index in [0.29, 0.717) is 41.6 Å². The van der Waals surface area contributed by atoms with Crippen molar-refractivity contribution in [3.8, 4) is 17.1 Å². The number of halogens is 1. The van der Waals surface area contributed by atoms with E-state index in [1.54, 1.807) is 24.2 Å². The number of hydrogen-bond acceptors (Lipinski definition) is 8. The maximum absolute atomic E-state index is 6.19. The Hall–Kier alpha value is -2.91. The fourth-order valence-electron chi connectivity index (χ4n) is 3.27. The van der Waals surface area contributed by atoms with E-state index in [0.717, 1.165) is 41.6 Å². The summed E-state index contributed by atoms with van der Waals surface area (Å²) in [5.41, 5.74) is 0.897. The zero-order valence-electron chi connectivity index (χ0n) is 17.2. The molecule has 1 aromatic carbocycles. The SMILES string of the molecule is Clc1ccccc1OCc1nnc(SCCCc2nc(-c3ccncc3)no2)n1C1CC1. The molecule has 0 radical (unpaired) electrons. The minimum atomic E-state index is 0.341. The van der Waals surface area contributed by atoms with Crippen molar-refractivity contribution in [1.82, 2.24) is 29.9 Å². The summed E-state index contributed by atoms with van der Waals surface area (Å²) in [4.78, 5) is 8.48. The van der Waals surface area contributed by atoms with Crippen molar-refractivity contribution in [2.24, 2.45) is 0 Å². The van der Waals surface area contributed by atoms with E-state index >= 15 is 0 Å². The van der Waals surface area contributed by atoms with Gasteiger partial charge in [-0.3, -0.25) is 4.98 Å². The molecule has 0 atom stereocenters. The first-order valence-electron chi connectivity index (χ1n) is 10.4. The third kappa shape index (κ3) is 4.94. The van der Waals surface area contributed by atoms with Crippen molar-refractivity contribution < 1.29 is 9.26 Å². The van der Waals surface area contributed by atoms with Crippen LogP contribution in [0.2, 0.25) is 5.02 Å². The van der Waals surface area contributed by atoms with E-state index in [4.69, 9.17) is 20.9 Å². The van der Waals surface area contributed by atoms with Crippen LogP contribution in [0.5, 0.6) is 5.75 Å². The summed E-state index contributed by atoms with van der Waals surface area (Å²) in [5.74, 6) is 3.58. The van der Waals surface area contributed by atoms with Crippen molar-refractivity contribution >= 4 is 23.4 Å². The fraction of sp³-hybridized carbons (Fsp3) is 0.318. The molecule has 1 aliphatic rings. The monoisotopic (exact) mass is 468 g/mol. The lowest BCUT2D eigenvalue weighted by molar-refractivity contribution is 0.288. The lowest BCUT2D eigenvalue weighted by Crippen LogP contribution is -2.07. The number of rotatable bonds is 10. The fourth-order valence-corrected chi connectivity index (χ4v) is 4.42. The molecular formula is C22H21ClN6O2S. The first kappa shape index (κ1) is 21.0. The van der Waals surface area contributed by atoms with Crippen molar-refractivity contribution in [3.05, 3.63) is 65.5 Å². The van der Waals surface area contributed by atoms with Gasteiger partial charge in [-0.2, -0.15) is 4.98 Å². The largest absolute Gasteiger partial charge is 0.484 e. The highest BCUT2D eigenvalue weighted by atomic mass is 35.5. The Bertz CT molecular complexity index is 1180. The van der Waals surface area contributed by atoms with Gasteiger partial charge in [0.2, 0.25) is 11.7 Å². The topological polar surface area (TPSA) is 91.8 Å². The minimum Gasteiger partial charge on any atom is -0.484 e. The molecule has 0 aliphatic heterocycles. The van der Waals surface area contributed by atoms with Gasteiger partial charge in [-0.15, -0.1) is 10.2 Å². The summed E-state index contributed by atoms with van der Waals surface area (Å²) in [6.07, 6.45) is 7.32. The number of ether oxygens (including phenoxy) is 1. The Balaban J connectivity index is 1.16. The van der Waals surface area contributed by atoms with Gasteiger partial charge in [-0.1, -0.05) is 40.7 Å². The van der Waals surface area contributed by atoms with E-state index in [1.807, 2.05) is 36.4 Å². The highest BCUT2D eigenvalue weighted by Crippen LogP contribution is 2.39. The third-order valence-electron chi connectivity index (χ3n) is 5.01. The predicted molar refractivity (Wildman–Crippen MR) is 121 cm³/mol. The molecule has 0 N–H and O–H groups in total. The molecule has 164 valence electrons. The van der Waals surface area contributed by atoms with Crippen LogP contribution in [0.25, 0.3) is 11.4 Å². The average Bonchev–Trinajstić information content (AvgIpc) is 3.40. The van der Waals surface area contributed by atoms with Gasteiger partial charge in [0.05, 0.1) is 5.02 Å². The maximum atomic E-state index is 6.19. The van der Waals surface area contributed by atoms with Crippen molar-refractivity contribution in [2.75, 3.05) is 5.75 Å². The molecule has 1 aliphatic carbocycles. The summed E-state index contributed by atoms with van der Waals surface area (Å²) >= 11 is 7.88.